The Morgan fingerprint density at radius 1 is 0.750 bits per heavy atom. The Bertz CT molecular complexity index is 2240. The minimum Gasteiger partial charge on any atom is -0.465 e. The number of esters is 1. The van der Waals surface area contributed by atoms with E-state index in [1.807, 2.05) is 56.4 Å². The van der Waals surface area contributed by atoms with E-state index in [2.05, 4.69) is 59.2 Å². The highest BCUT2D eigenvalue weighted by Gasteiger charge is 2.21. The first kappa shape index (κ1) is 38.8. The van der Waals surface area contributed by atoms with Gasteiger partial charge < -0.3 is 9.84 Å². The van der Waals surface area contributed by atoms with Crippen LogP contribution in [-0.2, 0) is 51.1 Å². The molecule has 1 N–H and O–H groups in total. The lowest BCUT2D eigenvalue weighted by molar-refractivity contribution is 0.0600. The molecule has 15 heteroatoms. The molecule has 0 aliphatic heterocycles. The van der Waals surface area contributed by atoms with Crippen LogP contribution in [0.4, 0.5) is 8.78 Å². The molecule has 0 radical (unpaired) electrons. The summed E-state index contributed by atoms with van der Waals surface area (Å²) in [5, 5.41) is 27.7. The van der Waals surface area contributed by atoms with Crippen molar-refractivity contribution in [1.29, 1.82) is 0 Å². The predicted molar refractivity (Wildman–Crippen MR) is 200 cm³/mol. The van der Waals surface area contributed by atoms with Crippen molar-refractivity contribution in [3.8, 4) is 11.4 Å². The molecule has 2 aromatic carbocycles. The Balaban J connectivity index is 0.000000202. The molecule has 0 saturated heterocycles. The van der Waals surface area contributed by atoms with Gasteiger partial charge in [-0.05, 0) is 107 Å². The predicted octanol–water partition coefficient (Wildman–Crippen LogP) is 7.22. The smallest absolute Gasteiger partial charge is 0.340 e. The third kappa shape index (κ3) is 8.11. The minimum absolute atomic E-state index is 0.125. The van der Waals surface area contributed by atoms with Gasteiger partial charge in [0.05, 0.1) is 85.2 Å². The molecular weight excluding hydrogens is 802 g/mol. The van der Waals surface area contributed by atoms with Crippen molar-refractivity contribution < 1.29 is 23.4 Å². The number of hydrogen-bond acceptors (Lipinski definition) is 7. The Kier molecular flexibility index (Phi) is 12.3. The molecular formula is C37H40Br2F2N8O3. The van der Waals surface area contributed by atoms with E-state index in [0.717, 1.165) is 73.4 Å². The van der Waals surface area contributed by atoms with Crippen LogP contribution < -0.4 is 0 Å². The van der Waals surface area contributed by atoms with E-state index in [9.17, 15) is 18.7 Å². The molecule has 0 amide bonds. The number of aliphatic hydroxyl groups excluding tert-OH is 1. The largest absolute Gasteiger partial charge is 0.465 e. The third-order valence-corrected chi connectivity index (χ3v) is 10.4. The second-order valence-corrected chi connectivity index (χ2v) is 13.8. The number of nitrogens with zero attached hydrogens (tertiary/aromatic N) is 8. The Morgan fingerprint density at radius 2 is 1.21 bits per heavy atom. The van der Waals surface area contributed by atoms with Gasteiger partial charge in [0.1, 0.15) is 11.6 Å². The van der Waals surface area contributed by atoms with Gasteiger partial charge in [0.25, 0.3) is 0 Å². The monoisotopic (exact) mass is 840 g/mol. The van der Waals surface area contributed by atoms with Gasteiger partial charge in [0, 0.05) is 32.5 Å². The van der Waals surface area contributed by atoms with E-state index < -0.39 is 11.8 Å². The molecule has 274 valence electrons. The number of aliphatic hydroxyl groups is 1. The van der Waals surface area contributed by atoms with Crippen LogP contribution in [0.25, 0.3) is 11.4 Å². The lowest BCUT2D eigenvalue weighted by Gasteiger charge is -2.12. The first-order valence-electron chi connectivity index (χ1n) is 16.6. The van der Waals surface area contributed by atoms with Gasteiger partial charge in [-0.1, -0.05) is 13.8 Å². The van der Waals surface area contributed by atoms with Gasteiger partial charge in [-0.3, -0.25) is 9.36 Å². The Morgan fingerprint density at radius 3 is 1.65 bits per heavy atom. The molecule has 4 heterocycles. The molecule has 0 aliphatic carbocycles. The van der Waals surface area contributed by atoms with Crippen LogP contribution in [-0.4, -0.2) is 57.3 Å². The Labute approximate surface area is 317 Å². The number of benzene rings is 2. The first-order valence-corrected chi connectivity index (χ1v) is 18.2. The maximum Gasteiger partial charge on any atom is 0.340 e. The van der Waals surface area contributed by atoms with E-state index >= 15 is 0 Å². The highest BCUT2D eigenvalue weighted by molar-refractivity contribution is 9.10. The zero-order valence-corrected chi connectivity index (χ0v) is 33.2. The van der Waals surface area contributed by atoms with Crippen LogP contribution in [0.2, 0.25) is 0 Å². The van der Waals surface area contributed by atoms with Crippen molar-refractivity contribution in [1.82, 2.24) is 39.1 Å². The molecule has 6 rings (SSSR count). The molecule has 0 spiro atoms. The van der Waals surface area contributed by atoms with Gasteiger partial charge in [-0.2, -0.15) is 20.4 Å². The molecule has 11 nitrogen and oxygen atoms in total. The van der Waals surface area contributed by atoms with Crippen LogP contribution in [0, 0.1) is 25.5 Å². The summed E-state index contributed by atoms with van der Waals surface area (Å²) < 4.78 is 41.1. The van der Waals surface area contributed by atoms with E-state index in [4.69, 9.17) is 4.74 Å². The van der Waals surface area contributed by atoms with E-state index in [1.54, 1.807) is 15.4 Å². The van der Waals surface area contributed by atoms with Gasteiger partial charge in [0.15, 0.2) is 0 Å². The standard InChI is InChI=1S/C19H20BrFN4O2.C18H20BrFN4O/c1-5-15-18(20)17(24(3)23-15)10-13-8-11(2)22-25(13)16-7-6-12(21)9-14(16)19(26)27-4;1-4-15-18(19)17(23(3)22-15)9-14-7-11(2)21-24(14)16-6-5-13(20)8-12(16)10-25/h6-9H,5,10H2,1-4H3;5-8,25H,4,9-10H2,1-3H3. The Hall–Kier alpha value is -4.47. The lowest BCUT2D eigenvalue weighted by Crippen LogP contribution is -2.12. The van der Waals surface area contributed by atoms with Crippen molar-refractivity contribution in [3.05, 3.63) is 126 Å². The van der Waals surface area contributed by atoms with Crippen molar-refractivity contribution in [2.45, 2.75) is 60.0 Å². The number of ether oxygens (including phenoxy) is 1. The second kappa shape index (κ2) is 16.5. The molecule has 52 heavy (non-hydrogen) atoms. The summed E-state index contributed by atoms with van der Waals surface area (Å²) in [5.41, 5.74) is 9.27. The molecule has 0 unspecified atom stereocenters. The summed E-state index contributed by atoms with van der Waals surface area (Å²) in [6, 6.07) is 12.3. The number of carbonyl (C=O) groups is 1. The van der Waals surface area contributed by atoms with E-state index in [1.165, 1.54) is 31.4 Å². The maximum absolute atomic E-state index is 13.7. The fourth-order valence-electron chi connectivity index (χ4n) is 6.00. The van der Waals surface area contributed by atoms with Gasteiger partial charge in [0.2, 0.25) is 0 Å². The second-order valence-electron chi connectivity index (χ2n) is 12.2. The number of halogens is 4. The average molecular weight is 843 g/mol. The van der Waals surface area contributed by atoms with Crippen molar-refractivity contribution in [3.63, 3.8) is 0 Å². The molecule has 0 aliphatic rings. The summed E-state index contributed by atoms with van der Waals surface area (Å²) in [6.45, 7) is 7.65. The average Bonchev–Trinajstić information content (AvgIpc) is 3.84. The van der Waals surface area contributed by atoms with Crippen molar-refractivity contribution in [2.75, 3.05) is 7.11 Å². The number of aryl methyl sites for hydroxylation is 6. The summed E-state index contributed by atoms with van der Waals surface area (Å²) in [7, 11) is 5.08. The topological polar surface area (TPSA) is 118 Å². The molecule has 6 aromatic rings. The summed E-state index contributed by atoms with van der Waals surface area (Å²) in [4.78, 5) is 12.1. The summed E-state index contributed by atoms with van der Waals surface area (Å²) in [6.07, 6.45) is 2.83. The number of methoxy groups -OCH3 is 1. The molecule has 0 saturated carbocycles. The number of hydrogen-bond donors (Lipinski definition) is 1. The fraction of sp³-hybridized carbons (Fsp3) is 0.324. The number of rotatable bonds is 10. The highest BCUT2D eigenvalue weighted by atomic mass is 79.9. The molecule has 0 bridgehead atoms. The fourth-order valence-corrected chi connectivity index (χ4v) is 7.51. The SMILES string of the molecule is CCc1nn(C)c(Cc2cc(C)nn2-c2ccc(F)cc2C(=O)OC)c1Br.CCc1nn(C)c(Cc2cc(C)nn2-c2ccc(F)cc2CO)c1Br. The maximum atomic E-state index is 13.7. The summed E-state index contributed by atoms with van der Waals surface area (Å²) >= 11 is 7.27. The number of carbonyl (C=O) groups excluding carboxylic acids is 1. The molecule has 0 fully saturated rings. The van der Waals surface area contributed by atoms with Crippen molar-refractivity contribution >= 4 is 37.8 Å². The van der Waals surface area contributed by atoms with E-state index in [0.29, 0.717) is 29.8 Å². The summed E-state index contributed by atoms with van der Waals surface area (Å²) in [5.74, 6) is -1.50. The quantitative estimate of drug-likeness (QED) is 0.145. The van der Waals surface area contributed by atoms with Crippen LogP contribution in [0.1, 0.15) is 75.3 Å². The molecule has 4 aromatic heterocycles. The normalized spacial score (nSPS) is 11.2. The van der Waals surface area contributed by atoms with Gasteiger partial charge in [-0.25, -0.2) is 22.9 Å². The van der Waals surface area contributed by atoms with Crippen LogP contribution in [0.3, 0.4) is 0 Å². The first-order chi connectivity index (χ1) is 24.8. The van der Waals surface area contributed by atoms with Gasteiger partial charge >= 0.3 is 5.97 Å². The zero-order chi connectivity index (χ0) is 37.9. The zero-order valence-electron chi connectivity index (χ0n) is 30.0. The molecule has 0 atom stereocenters. The highest BCUT2D eigenvalue weighted by Crippen LogP contribution is 2.28. The minimum atomic E-state index is -0.612. The van der Waals surface area contributed by atoms with Crippen LogP contribution in [0.15, 0.2) is 57.5 Å². The van der Waals surface area contributed by atoms with E-state index in [-0.39, 0.29) is 18.0 Å². The van der Waals surface area contributed by atoms with Crippen molar-refractivity contribution in [2.24, 2.45) is 14.1 Å². The van der Waals surface area contributed by atoms with Crippen LogP contribution >= 0.6 is 31.9 Å². The number of aromatic nitrogens is 8. The van der Waals surface area contributed by atoms with Crippen LogP contribution in [0.5, 0.6) is 0 Å². The third-order valence-electron chi connectivity index (χ3n) is 8.55. The van der Waals surface area contributed by atoms with Gasteiger partial charge in [-0.15, -0.1) is 0 Å². The lowest BCUT2D eigenvalue weighted by atomic mass is 10.1.